The summed E-state index contributed by atoms with van der Waals surface area (Å²) in [5.74, 6) is 1.26. The molecule has 1 saturated heterocycles. The van der Waals surface area contributed by atoms with E-state index in [1.54, 1.807) is 13.8 Å². The first-order valence-electron chi connectivity index (χ1n) is 17.5. The van der Waals surface area contributed by atoms with Gasteiger partial charge in [0.1, 0.15) is 24.4 Å². The van der Waals surface area contributed by atoms with Gasteiger partial charge in [0.25, 0.3) is 0 Å². The van der Waals surface area contributed by atoms with Crippen molar-refractivity contribution >= 4 is 0 Å². The van der Waals surface area contributed by atoms with Gasteiger partial charge in [0, 0.05) is 10.8 Å². The number of aliphatic hydroxyl groups is 7. The van der Waals surface area contributed by atoms with Crippen LogP contribution in [0.25, 0.3) is 0 Å². The van der Waals surface area contributed by atoms with E-state index in [4.69, 9.17) is 9.47 Å². The lowest BCUT2D eigenvalue weighted by Gasteiger charge is -2.67. The number of fused-ring (bicyclic) bond motifs is 5. The fourth-order valence-corrected chi connectivity index (χ4v) is 11.2. The summed E-state index contributed by atoms with van der Waals surface area (Å²) in [5.41, 5.74) is -0.481. The van der Waals surface area contributed by atoms with Gasteiger partial charge in [-0.2, -0.15) is 0 Å². The van der Waals surface area contributed by atoms with E-state index < -0.39 is 55.1 Å². The fraction of sp³-hybridized carbons (Fsp3) is 0.944. The van der Waals surface area contributed by atoms with Crippen LogP contribution in [0.1, 0.15) is 107 Å². The molecule has 0 aromatic heterocycles. The van der Waals surface area contributed by atoms with E-state index in [0.717, 1.165) is 44.9 Å². The number of hydrogen-bond donors (Lipinski definition) is 7. The first-order chi connectivity index (χ1) is 20.7. The first-order valence-corrected chi connectivity index (χ1v) is 17.5. The molecule has 0 amide bonds. The SMILES string of the molecule is C[C@@H](CC[C@H](O[C@H]1O[C@@H](CO)[C@H](O)[C@@H](O)[C@@H]1O)C(C)(C)O)[C@@H]1CC[C@]2(C)[C@@H]3CC=C4[C@H](CC[C@@H](O)C4(C)C)[C@@]3(C)[C@@H](O)C[C@@]12C. The number of rotatable bonds is 8. The molecule has 1 heterocycles. The fourth-order valence-electron chi connectivity index (χ4n) is 11.2. The van der Waals surface area contributed by atoms with Gasteiger partial charge < -0.3 is 45.2 Å². The molecule has 5 aliphatic rings. The molecule has 9 heteroatoms. The van der Waals surface area contributed by atoms with E-state index in [9.17, 15) is 35.7 Å². The lowest BCUT2D eigenvalue weighted by molar-refractivity contribution is -0.322. The van der Waals surface area contributed by atoms with Crippen LogP contribution in [0.3, 0.4) is 0 Å². The standard InChI is InChI=1S/C36H62O9/c1-19(9-14-27(33(4,5)43)45-31-30(42)29(41)28(40)23(18-37)44-31)20-15-16-34(6)24-12-10-21-22(11-13-25(38)32(21,2)3)36(24,8)26(39)17-35(20,34)7/h10,19-20,22-31,37-43H,9,11-18H2,1-8H3/t19-,20-,22-,23-,24-,25+,26-,27-,28-,29+,30-,31+,34+,35-,36+/m0/s1. The van der Waals surface area contributed by atoms with Gasteiger partial charge in [0.2, 0.25) is 0 Å². The van der Waals surface area contributed by atoms with Crippen molar-refractivity contribution < 1.29 is 45.2 Å². The zero-order chi connectivity index (χ0) is 33.5. The van der Waals surface area contributed by atoms with E-state index in [1.807, 2.05) is 0 Å². The smallest absolute Gasteiger partial charge is 0.187 e. The molecule has 3 saturated carbocycles. The summed E-state index contributed by atoms with van der Waals surface area (Å²) < 4.78 is 11.7. The normalized spacial score (nSPS) is 49.4. The van der Waals surface area contributed by atoms with Crippen LogP contribution in [0.5, 0.6) is 0 Å². The van der Waals surface area contributed by atoms with Gasteiger partial charge in [0.15, 0.2) is 6.29 Å². The Balaban J connectivity index is 1.33. The average molecular weight is 639 g/mol. The summed E-state index contributed by atoms with van der Waals surface area (Å²) in [7, 11) is 0. The first kappa shape index (κ1) is 35.7. The number of ether oxygens (including phenoxy) is 2. The van der Waals surface area contributed by atoms with Crippen molar-refractivity contribution in [1.29, 1.82) is 0 Å². The Labute approximate surface area is 270 Å². The number of hydrogen-bond acceptors (Lipinski definition) is 9. The zero-order valence-corrected chi connectivity index (χ0v) is 28.8. The molecule has 5 rings (SSSR count). The minimum atomic E-state index is -1.54. The highest BCUT2D eigenvalue weighted by Crippen LogP contribution is 2.75. The molecule has 0 radical (unpaired) electrons. The Morgan fingerprint density at radius 1 is 0.911 bits per heavy atom. The zero-order valence-electron chi connectivity index (χ0n) is 28.8. The molecule has 4 aliphatic carbocycles. The van der Waals surface area contributed by atoms with E-state index in [-0.39, 0.29) is 39.6 Å². The van der Waals surface area contributed by atoms with Crippen molar-refractivity contribution in [1.82, 2.24) is 0 Å². The van der Waals surface area contributed by atoms with Crippen LogP contribution in [0.15, 0.2) is 11.6 Å². The molecule has 0 spiro atoms. The van der Waals surface area contributed by atoms with Gasteiger partial charge in [-0.25, -0.2) is 0 Å². The summed E-state index contributed by atoms with van der Waals surface area (Å²) in [5, 5.41) is 74.7. The second-order valence-corrected chi connectivity index (χ2v) is 17.4. The van der Waals surface area contributed by atoms with E-state index in [2.05, 4.69) is 47.6 Å². The summed E-state index contributed by atoms with van der Waals surface area (Å²) in [4.78, 5) is 0. The number of allylic oxidation sites excluding steroid dienone is 1. The van der Waals surface area contributed by atoms with Crippen LogP contribution in [0.4, 0.5) is 0 Å². The Morgan fingerprint density at radius 2 is 1.58 bits per heavy atom. The molecule has 0 aromatic carbocycles. The largest absolute Gasteiger partial charge is 0.394 e. The van der Waals surface area contributed by atoms with Gasteiger partial charge in [-0.1, -0.05) is 53.2 Å². The summed E-state index contributed by atoms with van der Waals surface area (Å²) in [6.07, 6.45) is 0.736. The van der Waals surface area contributed by atoms with Crippen molar-refractivity contribution in [2.75, 3.05) is 6.61 Å². The molecule has 7 N–H and O–H groups in total. The average Bonchev–Trinajstić information content (AvgIpc) is 3.22. The van der Waals surface area contributed by atoms with Crippen molar-refractivity contribution in [3.8, 4) is 0 Å². The molecule has 45 heavy (non-hydrogen) atoms. The van der Waals surface area contributed by atoms with Gasteiger partial charge in [0.05, 0.1) is 30.5 Å². The third-order valence-electron chi connectivity index (χ3n) is 14.5. The highest BCUT2D eigenvalue weighted by molar-refractivity contribution is 5.31. The van der Waals surface area contributed by atoms with Crippen LogP contribution < -0.4 is 0 Å². The van der Waals surface area contributed by atoms with Gasteiger partial charge in [-0.15, -0.1) is 0 Å². The molecule has 9 nitrogen and oxygen atoms in total. The highest BCUT2D eigenvalue weighted by atomic mass is 16.7. The molecule has 260 valence electrons. The predicted molar refractivity (Wildman–Crippen MR) is 170 cm³/mol. The molecule has 4 fully saturated rings. The Hall–Kier alpha value is -0.620. The second kappa shape index (κ2) is 12.1. The van der Waals surface area contributed by atoms with Crippen molar-refractivity contribution in [2.45, 2.75) is 161 Å². The van der Waals surface area contributed by atoms with E-state index in [1.165, 1.54) is 5.57 Å². The molecule has 1 aliphatic heterocycles. The summed E-state index contributed by atoms with van der Waals surface area (Å²) in [6, 6.07) is 0. The van der Waals surface area contributed by atoms with Gasteiger partial charge in [-0.3, -0.25) is 0 Å². The lowest BCUT2D eigenvalue weighted by Crippen LogP contribution is -2.64. The summed E-state index contributed by atoms with van der Waals surface area (Å²) in [6.45, 7) is 16.5. The molecule has 15 atom stereocenters. The quantitative estimate of drug-likeness (QED) is 0.198. The van der Waals surface area contributed by atoms with E-state index >= 15 is 0 Å². The molecular weight excluding hydrogens is 576 g/mol. The highest BCUT2D eigenvalue weighted by Gasteiger charge is 2.70. The maximum atomic E-state index is 12.1. The minimum absolute atomic E-state index is 0.0463. The van der Waals surface area contributed by atoms with Crippen LogP contribution in [-0.2, 0) is 9.47 Å². The van der Waals surface area contributed by atoms with Gasteiger partial charge >= 0.3 is 0 Å². The Bertz CT molecular complexity index is 1100. The minimum Gasteiger partial charge on any atom is -0.394 e. The van der Waals surface area contributed by atoms with Crippen LogP contribution in [-0.4, -0.2) is 97.0 Å². The number of aliphatic hydroxyl groups excluding tert-OH is 6. The maximum absolute atomic E-state index is 12.1. The van der Waals surface area contributed by atoms with Crippen molar-refractivity contribution in [3.63, 3.8) is 0 Å². The van der Waals surface area contributed by atoms with Crippen LogP contribution in [0.2, 0.25) is 0 Å². The molecule has 0 bridgehead atoms. The summed E-state index contributed by atoms with van der Waals surface area (Å²) >= 11 is 0. The topological polar surface area (TPSA) is 160 Å². The Morgan fingerprint density at radius 3 is 2.20 bits per heavy atom. The van der Waals surface area contributed by atoms with Gasteiger partial charge in [-0.05, 0) is 99.7 Å². The van der Waals surface area contributed by atoms with Crippen molar-refractivity contribution in [3.05, 3.63) is 11.6 Å². The lowest BCUT2D eigenvalue weighted by atomic mass is 9.38. The predicted octanol–water partition coefficient (Wildman–Crippen LogP) is 3.30. The third-order valence-corrected chi connectivity index (χ3v) is 14.5. The van der Waals surface area contributed by atoms with Crippen molar-refractivity contribution in [2.24, 2.45) is 45.3 Å². The third kappa shape index (κ3) is 5.48. The second-order valence-electron chi connectivity index (χ2n) is 17.4. The molecule has 0 aromatic rings. The maximum Gasteiger partial charge on any atom is 0.187 e. The van der Waals surface area contributed by atoms with Crippen LogP contribution >= 0.6 is 0 Å². The van der Waals surface area contributed by atoms with E-state index in [0.29, 0.717) is 18.3 Å². The molecular formula is C36H62O9. The Kier molecular flexibility index (Phi) is 9.56. The molecule has 0 unspecified atom stereocenters. The monoisotopic (exact) mass is 638 g/mol. The van der Waals surface area contributed by atoms with Crippen LogP contribution in [0, 0.1) is 45.3 Å².